The van der Waals surface area contributed by atoms with Gasteiger partial charge < -0.3 is 14.4 Å². The van der Waals surface area contributed by atoms with Crippen LogP contribution < -0.4 is 0 Å². The van der Waals surface area contributed by atoms with Gasteiger partial charge in [0.05, 0.1) is 0 Å². The lowest BCUT2D eigenvalue weighted by Crippen LogP contribution is -2.46. The lowest BCUT2D eigenvalue weighted by molar-refractivity contribution is -0.135. The Labute approximate surface area is 139 Å². The Bertz CT molecular complexity index is 507. The molecule has 0 aromatic carbocycles. The van der Waals surface area contributed by atoms with Crippen LogP contribution in [-0.2, 0) is 11.3 Å². The molecule has 0 unspecified atom stereocenters. The predicted octanol–water partition coefficient (Wildman–Crippen LogP) is 2.45. The normalized spacial score (nSPS) is 23.2. The third kappa shape index (κ3) is 4.34. The van der Waals surface area contributed by atoms with Crippen molar-refractivity contribution in [1.82, 2.24) is 19.4 Å². The molecule has 5 heteroatoms. The van der Waals surface area contributed by atoms with Gasteiger partial charge in [0.15, 0.2) is 0 Å². The van der Waals surface area contributed by atoms with Crippen LogP contribution in [0.5, 0.6) is 0 Å². The van der Waals surface area contributed by atoms with Gasteiger partial charge in [0.25, 0.3) is 0 Å². The highest BCUT2D eigenvalue weighted by atomic mass is 16.2. The molecular formula is C18H30N4O. The number of hydrogen-bond donors (Lipinski definition) is 0. The van der Waals surface area contributed by atoms with Crippen molar-refractivity contribution in [2.45, 2.75) is 64.5 Å². The summed E-state index contributed by atoms with van der Waals surface area (Å²) in [6, 6.07) is 0.432. The lowest BCUT2D eigenvalue weighted by atomic mass is 9.98. The van der Waals surface area contributed by atoms with Gasteiger partial charge in [-0.15, -0.1) is 0 Å². The first-order valence-electron chi connectivity index (χ1n) is 9.23. The minimum absolute atomic E-state index is 0.259. The van der Waals surface area contributed by atoms with Gasteiger partial charge in [-0.2, -0.15) is 0 Å². The van der Waals surface area contributed by atoms with Gasteiger partial charge in [-0.25, -0.2) is 4.98 Å². The number of carbonyl (C=O) groups is 1. The van der Waals surface area contributed by atoms with Crippen molar-refractivity contribution in [3.05, 3.63) is 18.2 Å². The first-order valence-corrected chi connectivity index (χ1v) is 9.23. The Hall–Kier alpha value is -1.36. The van der Waals surface area contributed by atoms with Crippen molar-refractivity contribution in [3.8, 4) is 0 Å². The largest absolute Gasteiger partial charge is 0.338 e. The van der Waals surface area contributed by atoms with E-state index in [1.165, 1.54) is 45.2 Å². The SMILES string of the molecule is Cc1nccn1CC(=O)N1CCCC[C@@H]1CCN1CCCCC1. The molecule has 23 heavy (non-hydrogen) atoms. The van der Waals surface area contributed by atoms with E-state index in [0.29, 0.717) is 12.6 Å². The van der Waals surface area contributed by atoms with Crippen LogP contribution in [0.15, 0.2) is 12.4 Å². The number of imidazole rings is 1. The molecule has 0 radical (unpaired) electrons. The van der Waals surface area contributed by atoms with E-state index >= 15 is 0 Å². The molecule has 0 bridgehead atoms. The summed E-state index contributed by atoms with van der Waals surface area (Å²) >= 11 is 0. The van der Waals surface area contributed by atoms with Crippen molar-refractivity contribution in [2.75, 3.05) is 26.2 Å². The molecule has 1 amide bonds. The Morgan fingerprint density at radius 2 is 1.96 bits per heavy atom. The Morgan fingerprint density at radius 1 is 1.17 bits per heavy atom. The van der Waals surface area contributed by atoms with Gasteiger partial charge in [-0.1, -0.05) is 6.42 Å². The number of amides is 1. The van der Waals surface area contributed by atoms with Crippen LogP contribution in [0, 0.1) is 6.92 Å². The summed E-state index contributed by atoms with van der Waals surface area (Å²) in [6.45, 7) is 6.96. The van der Waals surface area contributed by atoms with Crippen molar-refractivity contribution >= 4 is 5.91 Å². The minimum Gasteiger partial charge on any atom is -0.338 e. The fraction of sp³-hybridized carbons (Fsp3) is 0.778. The van der Waals surface area contributed by atoms with Crippen LogP contribution in [-0.4, -0.2) is 57.5 Å². The number of nitrogens with zero attached hydrogens (tertiary/aromatic N) is 4. The number of aromatic nitrogens is 2. The van der Waals surface area contributed by atoms with Gasteiger partial charge >= 0.3 is 0 Å². The molecule has 2 aliphatic heterocycles. The Morgan fingerprint density at radius 3 is 2.70 bits per heavy atom. The first-order chi connectivity index (χ1) is 11.2. The Balaban J connectivity index is 1.54. The smallest absolute Gasteiger partial charge is 0.242 e. The van der Waals surface area contributed by atoms with Crippen LogP contribution >= 0.6 is 0 Å². The number of rotatable bonds is 5. The highest BCUT2D eigenvalue weighted by Gasteiger charge is 2.27. The molecule has 1 aromatic rings. The summed E-state index contributed by atoms with van der Waals surface area (Å²) in [5.74, 6) is 1.18. The minimum atomic E-state index is 0.259. The zero-order chi connectivity index (χ0) is 16.1. The topological polar surface area (TPSA) is 41.4 Å². The zero-order valence-corrected chi connectivity index (χ0v) is 14.4. The molecular weight excluding hydrogens is 288 g/mol. The molecule has 5 nitrogen and oxygen atoms in total. The zero-order valence-electron chi connectivity index (χ0n) is 14.4. The van der Waals surface area contributed by atoms with E-state index in [0.717, 1.165) is 31.8 Å². The summed E-state index contributed by atoms with van der Waals surface area (Å²) < 4.78 is 1.96. The van der Waals surface area contributed by atoms with Crippen LogP contribution in [0.4, 0.5) is 0 Å². The van der Waals surface area contributed by atoms with E-state index < -0.39 is 0 Å². The highest BCUT2D eigenvalue weighted by Crippen LogP contribution is 2.21. The van der Waals surface area contributed by atoms with Crippen LogP contribution in [0.25, 0.3) is 0 Å². The third-order valence-corrected chi connectivity index (χ3v) is 5.40. The average Bonchev–Trinajstić information content (AvgIpc) is 2.99. The quantitative estimate of drug-likeness (QED) is 0.837. The maximum Gasteiger partial charge on any atom is 0.242 e. The molecule has 1 atom stereocenters. The second-order valence-electron chi connectivity index (χ2n) is 7.03. The molecule has 0 aliphatic carbocycles. The van der Waals surface area contributed by atoms with Gasteiger partial charge in [0, 0.05) is 31.5 Å². The van der Waals surface area contributed by atoms with Gasteiger partial charge in [0.2, 0.25) is 5.91 Å². The average molecular weight is 318 g/mol. The fourth-order valence-corrected chi connectivity index (χ4v) is 3.95. The van der Waals surface area contributed by atoms with Crippen molar-refractivity contribution < 1.29 is 4.79 Å². The summed E-state index contributed by atoms with van der Waals surface area (Å²) in [7, 11) is 0. The lowest BCUT2D eigenvalue weighted by Gasteiger charge is -2.37. The summed E-state index contributed by atoms with van der Waals surface area (Å²) in [4.78, 5) is 21.7. The summed E-state index contributed by atoms with van der Waals surface area (Å²) in [6.07, 6.45) is 12.5. The number of piperidine rings is 2. The number of carbonyl (C=O) groups excluding carboxylic acids is 1. The molecule has 0 spiro atoms. The third-order valence-electron chi connectivity index (χ3n) is 5.40. The predicted molar refractivity (Wildman–Crippen MR) is 91.2 cm³/mol. The van der Waals surface area contributed by atoms with E-state index in [9.17, 15) is 4.79 Å². The molecule has 2 fully saturated rings. The second kappa shape index (κ2) is 7.95. The van der Waals surface area contributed by atoms with E-state index in [2.05, 4.69) is 14.8 Å². The summed E-state index contributed by atoms with van der Waals surface area (Å²) in [5, 5.41) is 0. The molecule has 0 N–H and O–H groups in total. The molecule has 0 saturated carbocycles. The van der Waals surface area contributed by atoms with Gasteiger partial charge in [-0.05, 0) is 58.5 Å². The summed E-state index contributed by atoms with van der Waals surface area (Å²) in [5.41, 5.74) is 0. The number of hydrogen-bond acceptors (Lipinski definition) is 3. The highest BCUT2D eigenvalue weighted by molar-refractivity contribution is 5.76. The fourth-order valence-electron chi connectivity index (χ4n) is 3.95. The van der Waals surface area contributed by atoms with E-state index in [4.69, 9.17) is 0 Å². The molecule has 3 rings (SSSR count). The van der Waals surface area contributed by atoms with Crippen molar-refractivity contribution in [2.24, 2.45) is 0 Å². The van der Waals surface area contributed by atoms with E-state index in [1.54, 1.807) is 6.20 Å². The van der Waals surface area contributed by atoms with Gasteiger partial charge in [-0.3, -0.25) is 4.79 Å². The van der Waals surface area contributed by atoms with Crippen molar-refractivity contribution in [3.63, 3.8) is 0 Å². The molecule has 3 heterocycles. The van der Waals surface area contributed by atoms with Crippen LogP contribution in [0.3, 0.4) is 0 Å². The molecule has 1 aromatic heterocycles. The van der Waals surface area contributed by atoms with Crippen molar-refractivity contribution in [1.29, 1.82) is 0 Å². The van der Waals surface area contributed by atoms with Crippen LogP contribution in [0.2, 0.25) is 0 Å². The molecule has 128 valence electrons. The maximum atomic E-state index is 12.7. The number of likely N-dealkylation sites (tertiary alicyclic amines) is 2. The monoisotopic (exact) mass is 318 g/mol. The molecule has 2 saturated heterocycles. The van der Waals surface area contributed by atoms with Gasteiger partial charge in [0.1, 0.15) is 12.4 Å². The molecule has 2 aliphatic rings. The second-order valence-corrected chi connectivity index (χ2v) is 7.03. The van der Waals surface area contributed by atoms with E-state index in [-0.39, 0.29) is 5.91 Å². The Kier molecular flexibility index (Phi) is 5.70. The standard InChI is InChI=1S/C18H30N4O/c1-16-19-9-14-21(16)15-18(23)22-12-6-3-7-17(22)8-13-20-10-4-2-5-11-20/h9,14,17H,2-8,10-13,15H2,1H3/t17-/m1/s1. The first kappa shape index (κ1) is 16.5. The maximum absolute atomic E-state index is 12.7. The van der Waals surface area contributed by atoms with Crippen LogP contribution in [0.1, 0.15) is 50.8 Å². The number of aryl methyl sites for hydroxylation is 1. The van der Waals surface area contributed by atoms with E-state index in [1.807, 2.05) is 17.7 Å².